The smallest absolute Gasteiger partial charge is 0.361 e. The standard InChI is InChI=1S/C23H23F3N6O3/c1-14-18(15(2)35-30-14)6-7-20(33)27-8-9-32-21-19(11-29-32)22(34)31(13-28-21)12-16-4-3-5-17(10-16)23(24,25)26/h3-5,10-11,13H,6-9,12H2,1-2H3,(H,27,33). The monoisotopic (exact) mass is 488 g/mol. The van der Waals surface area contributed by atoms with Gasteiger partial charge in [-0.25, -0.2) is 9.67 Å². The van der Waals surface area contributed by atoms with Crippen LogP contribution in [0.25, 0.3) is 11.0 Å². The van der Waals surface area contributed by atoms with Gasteiger partial charge in [-0.3, -0.25) is 14.2 Å². The quantitative estimate of drug-likeness (QED) is 0.409. The molecule has 0 aliphatic heterocycles. The third-order valence-corrected chi connectivity index (χ3v) is 5.66. The number of nitrogens with one attached hydrogen (secondary N) is 1. The summed E-state index contributed by atoms with van der Waals surface area (Å²) < 4.78 is 46.7. The van der Waals surface area contributed by atoms with E-state index in [1.165, 1.54) is 33.9 Å². The molecular formula is C23H23F3N6O3. The molecule has 4 rings (SSSR count). The Labute approximate surface area is 197 Å². The average molecular weight is 488 g/mol. The van der Waals surface area contributed by atoms with Crippen molar-refractivity contribution in [1.29, 1.82) is 0 Å². The van der Waals surface area contributed by atoms with Crippen LogP contribution in [0.3, 0.4) is 0 Å². The molecule has 3 heterocycles. The molecule has 0 radical (unpaired) electrons. The summed E-state index contributed by atoms with van der Waals surface area (Å²) >= 11 is 0. The van der Waals surface area contributed by atoms with Gasteiger partial charge < -0.3 is 9.84 Å². The van der Waals surface area contributed by atoms with Crippen molar-refractivity contribution in [3.63, 3.8) is 0 Å². The molecule has 1 aromatic carbocycles. The van der Waals surface area contributed by atoms with Gasteiger partial charge in [0.15, 0.2) is 5.65 Å². The first-order chi connectivity index (χ1) is 16.6. The van der Waals surface area contributed by atoms with E-state index < -0.39 is 17.3 Å². The Kier molecular flexibility index (Phi) is 6.72. The van der Waals surface area contributed by atoms with Gasteiger partial charge in [0.1, 0.15) is 17.5 Å². The Morgan fingerprint density at radius 3 is 2.74 bits per heavy atom. The van der Waals surface area contributed by atoms with E-state index in [2.05, 4.69) is 20.6 Å². The van der Waals surface area contributed by atoms with Crippen LogP contribution in [-0.4, -0.2) is 36.9 Å². The molecule has 0 aliphatic rings. The summed E-state index contributed by atoms with van der Waals surface area (Å²) in [5, 5.41) is 11.1. The molecular weight excluding hydrogens is 465 g/mol. The number of aromatic nitrogens is 5. The minimum absolute atomic E-state index is 0.0575. The zero-order chi connectivity index (χ0) is 25.2. The molecule has 0 saturated heterocycles. The number of rotatable bonds is 8. The lowest BCUT2D eigenvalue weighted by atomic mass is 10.1. The molecule has 184 valence electrons. The highest BCUT2D eigenvalue weighted by molar-refractivity contribution is 5.76. The summed E-state index contributed by atoms with van der Waals surface area (Å²) in [5.41, 5.74) is 1.16. The number of alkyl halides is 3. The molecule has 0 fully saturated rings. The molecule has 0 bridgehead atoms. The number of nitrogens with zero attached hydrogens (tertiary/aromatic N) is 5. The van der Waals surface area contributed by atoms with Gasteiger partial charge in [0.2, 0.25) is 5.91 Å². The average Bonchev–Trinajstić information content (AvgIpc) is 3.37. The molecule has 3 aromatic heterocycles. The first-order valence-corrected chi connectivity index (χ1v) is 10.9. The zero-order valence-electron chi connectivity index (χ0n) is 19.1. The topological polar surface area (TPSA) is 108 Å². The largest absolute Gasteiger partial charge is 0.416 e. The number of amides is 1. The first kappa shape index (κ1) is 24.2. The van der Waals surface area contributed by atoms with Gasteiger partial charge in [-0.2, -0.15) is 18.3 Å². The van der Waals surface area contributed by atoms with Gasteiger partial charge in [-0.05, 0) is 38.0 Å². The van der Waals surface area contributed by atoms with E-state index in [0.29, 0.717) is 29.9 Å². The zero-order valence-corrected chi connectivity index (χ0v) is 19.1. The van der Waals surface area contributed by atoms with Crippen LogP contribution < -0.4 is 10.9 Å². The number of hydrogen-bond donors (Lipinski definition) is 1. The summed E-state index contributed by atoms with van der Waals surface area (Å²) in [6.45, 7) is 4.15. The summed E-state index contributed by atoms with van der Waals surface area (Å²) in [6, 6.07) is 4.81. The Morgan fingerprint density at radius 1 is 1.23 bits per heavy atom. The van der Waals surface area contributed by atoms with Crippen molar-refractivity contribution in [2.45, 2.75) is 46.0 Å². The van der Waals surface area contributed by atoms with Crippen molar-refractivity contribution < 1.29 is 22.5 Å². The van der Waals surface area contributed by atoms with E-state index in [1.807, 2.05) is 6.92 Å². The molecule has 9 nitrogen and oxygen atoms in total. The van der Waals surface area contributed by atoms with Crippen LogP contribution in [-0.2, 0) is 30.5 Å². The molecule has 1 N–H and O–H groups in total. The van der Waals surface area contributed by atoms with Crippen LogP contribution in [0.5, 0.6) is 0 Å². The molecule has 4 aromatic rings. The summed E-state index contributed by atoms with van der Waals surface area (Å²) in [7, 11) is 0. The predicted octanol–water partition coefficient (Wildman–Crippen LogP) is 3.01. The Bertz CT molecular complexity index is 1400. The van der Waals surface area contributed by atoms with Gasteiger partial charge in [0.25, 0.3) is 5.56 Å². The van der Waals surface area contributed by atoms with Crippen molar-refractivity contribution in [2.24, 2.45) is 0 Å². The molecule has 0 saturated carbocycles. The van der Waals surface area contributed by atoms with Gasteiger partial charge in [0, 0.05) is 18.5 Å². The van der Waals surface area contributed by atoms with Crippen molar-refractivity contribution in [3.8, 4) is 0 Å². The number of benzene rings is 1. The maximum Gasteiger partial charge on any atom is 0.416 e. The molecule has 0 aliphatic carbocycles. The molecule has 0 atom stereocenters. The van der Waals surface area contributed by atoms with Gasteiger partial charge in [-0.15, -0.1) is 0 Å². The summed E-state index contributed by atoms with van der Waals surface area (Å²) in [6.07, 6.45) is -1.02. The molecule has 1 amide bonds. The fourth-order valence-corrected chi connectivity index (χ4v) is 3.80. The van der Waals surface area contributed by atoms with Crippen molar-refractivity contribution in [1.82, 2.24) is 29.8 Å². The van der Waals surface area contributed by atoms with Crippen LogP contribution in [0.2, 0.25) is 0 Å². The van der Waals surface area contributed by atoms with Crippen LogP contribution in [0.4, 0.5) is 13.2 Å². The number of hydrogen-bond acceptors (Lipinski definition) is 6. The number of fused-ring (bicyclic) bond motifs is 1. The third-order valence-electron chi connectivity index (χ3n) is 5.66. The first-order valence-electron chi connectivity index (χ1n) is 10.9. The van der Waals surface area contributed by atoms with Crippen LogP contribution in [0, 0.1) is 13.8 Å². The Morgan fingerprint density at radius 2 is 2.03 bits per heavy atom. The second-order valence-corrected chi connectivity index (χ2v) is 8.13. The lowest BCUT2D eigenvalue weighted by molar-refractivity contribution is -0.137. The summed E-state index contributed by atoms with van der Waals surface area (Å²) in [5.74, 6) is 0.556. The highest BCUT2D eigenvalue weighted by Crippen LogP contribution is 2.29. The fourth-order valence-electron chi connectivity index (χ4n) is 3.80. The van der Waals surface area contributed by atoms with Gasteiger partial charge >= 0.3 is 6.18 Å². The van der Waals surface area contributed by atoms with Crippen molar-refractivity contribution in [3.05, 3.63) is 75.3 Å². The highest BCUT2D eigenvalue weighted by Gasteiger charge is 2.30. The third kappa shape index (κ3) is 5.42. The molecule has 0 unspecified atom stereocenters. The van der Waals surface area contributed by atoms with Crippen molar-refractivity contribution in [2.75, 3.05) is 6.54 Å². The number of halogens is 3. The highest BCUT2D eigenvalue weighted by atomic mass is 19.4. The van der Waals surface area contributed by atoms with Crippen LogP contribution >= 0.6 is 0 Å². The lowest BCUT2D eigenvalue weighted by Crippen LogP contribution is -2.28. The van der Waals surface area contributed by atoms with E-state index in [-0.39, 0.29) is 30.8 Å². The molecule has 35 heavy (non-hydrogen) atoms. The number of carbonyl (C=O) groups is 1. The van der Waals surface area contributed by atoms with E-state index in [1.54, 1.807) is 6.92 Å². The lowest BCUT2D eigenvalue weighted by Gasteiger charge is -2.10. The summed E-state index contributed by atoms with van der Waals surface area (Å²) in [4.78, 5) is 29.3. The minimum Gasteiger partial charge on any atom is -0.361 e. The van der Waals surface area contributed by atoms with Gasteiger partial charge in [-0.1, -0.05) is 17.3 Å². The maximum absolute atomic E-state index is 13.0. The SMILES string of the molecule is Cc1noc(C)c1CCC(=O)NCCn1ncc2c(=O)n(Cc3cccc(C(F)(F)F)c3)cnc21. The Hall–Kier alpha value is -3.96. The van der Waals surface area contributed by atoms with E-state index in [0.717, 1.165) is 23.4 Å². The van der Waals surface area contributed by atoms with E-state index in [4.69, 9.17) is 4.52 Å². The fraction of sp³-hybridized carbons (Fsp3) is 0.348. The normalized spacial score (nSPS) is 11.8. The minimum atomic E-state index is -4.46. The second-order valence-electron chi connectivity index (χ2n) is 8.13. The van der Waals surface area contributed by atoms with Gasteiger partial charge in [0.05, 0.1) is 30.5 Å². The van der Waals surface area contributed by atoms with E-state index >= 15 is 0 Å². The number of aryl methyl sites for hydroxylation is 2. The van der Waals surface area contributed by atoms with Crippen LogP contribution in [0.15, 0.2) is 46.1 Å². The van der Waals surface area contributed by atoms with E-state index in [9.17, 15) is 22.8 Å². The number of carbonyl (C=O) groups excluding carboxylic acids is 1. The molecule has 12 heteroatoms. The predicted molar refractivity (Wildman–Crippen MR) is 120 cm³/mol. The molecule has 0 spiro atoms. The van der Waals surface area contributed by atoms with Crippen LogP contribution in [0.1, 0.15) is 34.6 Å². The Balaban J connectivity index is 1.38. The second kappa shape index (κ2) is 9.72. The van der Waals surface area contributed by atoms with Crippen molar-refractivity contribution >= 4 is 16.9 Å². The maximum atomic E-state index is 13.0.